The van der Waals surface area contributed by atoms with E-state index in [4.69, 9.17) is 16.3 Å². The van der Waals surface area contributed by atoms with E-state index in [1.807, 2.05) is 42.5 Å². The Hall–Kier alpha value is -2.00. The Labute approximate surface area is 161 Å². The highest BCUT2D eigenvalue weighted by Crippen LogP contribution is 2.32. The SMILES string of the molecule is CCCCCC(C(=O)O)c1cc(OCCC)cc(-c2ccc(Cl)cc2)c1. The highest BCUT2D eigenvalue weighted by molar-refractivity contribution is 6.30. The van der Waals surface area contributed by atoms with E-state index in [0.29, 0.717) is 18.1 Å². The Morgan fingerprint density at radius 2 is 1.77 bits per heavy atom. The van der Waals surface area contributed by atoms with Crippen LogP contribution in [-0.2, 0) is 4.79 Å². The van der Waals surface area contributed by atoms with Gasteiger partial charge in [0, 0.05) is 5.02 Å². The van der Waals surface area contributed by atoms with Crippen molar-refractivity contribution >= 4 is 17.6 Å². The van der Waals surface area contributed by atoms with Crippen molar-refractivity contribution in [3.05, 3.63) is 53.1 Å². The first-order valence-corrected chi connectivity index (χ1v) is 9.69. The second kappa shape index (κ2) is 10.2. The van der Waals surface area contributed by atoms with Gasteiger partial charge in [-0.25, -0.2) is 0 Å². The number of carboxylic acids is 1. The van der Waals surface area contributed by atoms with Gasteiger partial charge in [-0.15, -0.1) is 0 Å². The molecule has 3 nitrogen and oxygen atoms in total. The summed E-state index contributed by atoms with van der Waals surface area (Å²) in [4.78, 5) is 11.9. The number of hydrogen-bond acceptors (Lipinski definition) is 2. The zero-order chi connectivity index (χ0) is 18.9. The molecular weight excluding hydrogens is 348 g/mol. The van der Waals surface area contributed by atoms with Crippen LogP contribution < -0.4 is 4.74 Å². The van der Waals surface area contributed by atoms with Crippen molar-refractivity contribution in [2.45, 2.75) is 51.9 Å². The lowest BCUT2D eigenvalue weighted by Gasteiger charge is -2.16. The first-order valence-electron chi connectivity index (χ1n) is 9.31. The molecule has 0 fully saturated rings. The summed E-state index contributed by atoms with van der Waals surface area (Å²) in [6.07, 6.45) is 4.56. The molecule has 0 bridgehead atoms. The third-order valence-electron chi connectivity index (χ3n) is 4.38. The number of benzene rings is 2. The first kappa shape index (κ1) is 20.3. The van der Waals surface area contributed by atoms with Gasteiger partial charge >= 0.3 is 5.97 Å². The van der Waals surface area contributed by atoms with Crippen LogP contribution in [0.15, 0.2) is 42.5 Å². The lowest BCUT2D eigenvalue weighted by atomic mass is 9.90. The fraction of sp³-hybridized carbons (Fsp3) is 0.409. The van der Waals surface area contributed by atoms with E-state index < -0.39 is 11.9 Å². The van der Waals surface area contributed by atoms with E-state index in [9.17, 15) is 9.90 Å². The van der Waals surface area contributed by atoms with Gasteiger partial charge < -0.3 is 9.84 Å². The molecule has 2 aromatic carbocycles. The Kier molecular flexibility index (Phi) is 7.99. The summed E-state index contributed by atoms with van der Waals surface area (Å²) in [7, 11) is 0. The monoisotopic (exact) mass is 374 g/mol. The summed E-state index contributed by atoms with van der Waals surface area (Å²) in [5.74, 6) is -0.579. The zero-order valence-corrected chi connectivity index (χ0v) is 16.3. The summed E-state index contributed by atoms with van der Waals surface area (Å²) < 4.78 is 5.82. The van der Waals surface area contributed by atoms with E-state index >= 15 is 0 Å². The van der Waals surface area contributed by atoms with Crippen LogP contribution in [0.3, 0.4) is 0 Å². The number of rotatable bonds is 10. The predicted octanol–water partition coefficient (Wildman–Crippen LogP) is 6.54. The number of carbonyl (C=O) groups is 1. The highest BCUT2D eigenvalue weighted by atomic mass is 35.5. The van der Waals surface area contributed by atoms with Crippen LogP contribution >= 0.6 is 11.6 Å². The molecule has 1 N–H and O–H groups in total. The molecule has 0 aliphatic rings. The minimum Gasteiger partial charge on any atom is -0.494 e. The molecule has 4 heteroatoms. The smallest absolute Gasteiger partial charge is 0.310 e. The average molecular weight is 375 g/mol. The fourth-order valence-corrected chi connectivity index (χ4v) is 3.09. The van der Waals surface area contributed by atoms with Gasteiger partial charge in [0.2, 0.25) is 0 Å². The maximum Gasteiger partial charge on any atom is 0.310 e. The predicted molar refractivity (Wildman–Crippen MR) is 107 cm³/mol. The van der Waals surface area contributed by atoms with Crippen molar-refractivity contribution < 1.29 is 14.6 Å². The molecular formula is C22H27ClO3. The van der Waals surface area contributed by atoms with Crippen molar-refractivity contribution in [3.63, 3.8) is 0 Å². The molecule has 0 radical (unpaired) electrons. The molecule has 2 aromatic rings. The topological polar surface area (TPSA) is 46.5 Å². The molecule has 0 amide bonds. The van der Waals surface area contributed by atoms with Crippen LogP contribution in [0.4, 0.5) is 0 Å². The summed E-state index contributed by atoms with van der Waals surface area (Å²) >= 11 is 5.99. The van der Waals surface area contributed by atoms with Crippen molar-refractivity contribution in [2.24, 2.45) is 0 Å². The molecule has 26 heavy (non-hydrogen) atoms. The van der Waals surface area contributed by atoms with Crippen molar-refractivity contribution in [1.82, 2.24) is 0 Å². The molecule has 0 aliphatic heterocycles. The van der Waals surface area contributed by atoms with Crippen LogP contribution in [0, 0.1) is 0 Å². The fourth-order valence-electron chi connectivity index (χ4n) is 2.97. The summed E-state index contributed by atoms with van der Waals surface area (Å²) in [6.45, 7) is 4.78. The third kappa shape index (κ3) is 5.77. The number of halogens is 1. The Morgan fingerprint density at radius 1 is 1.04 bits per heavy atom. The minimum absolute atomic E-state index is 0.516. The Balaban J connectivity index is 2.40. The molecule has 0 aromatic heterocycles. The van der Waals surface area contributed by atoms with E-state index in [-0.39, 0.29) is 0 Å². The molecule has 140 valence electrons. The quantitative estimate of drug-likeness (QED) is 0.480. The van der Waals surface area contributed by atoms with E-state index in [1.165, 1.54) is 0 Å². The largest absolute Gasteiger partial charge is 0.494 e. The number of unbranched alkanes of at least 4 members (excludes halogenated alkanes) is 2. The number of aliphatic carboxylic acids is 1. The summed E-state index contributed by atoms with van der Waals surface area (Å²) in [6, 6.07) is 13.4. The van der Waals surface area contributed by atoms with Gasteiger partial charge in [-0.3, -0.25) is 4.79 Å². The molecule has 0 saturated carbocycles. The van der Waals surface area contributed by atoms with Gasteiger partial charge in [0.1, 0.15) is 5.75 Å². The first-order chi connectivity index (χ1) is 12.5. The standard InChI is InChI=1S/C22H27ClO3/c1-3-5-6-7-21(22(24)25)18-13-17(14-20(15-18)26-12-4-2)16-8-10-19(23)11-9-16/h8-11,13-15,21H,3-7,12H2,1-2H3,(H,24,25). The maximum atomic E-state index is 11.9. The zero-order valence-electron chi connectivity index (χ0n) is 15.5. The number of carboxylic acid groups (broad SMARTS) is 1. The maximum absolute atomic E-state index is 11.9. The molecule has 1 unspecified atom stereocenters. The minimum atomic E-state index is -0.782. The molecule has 0 heterocycles. The van der Waals surface area contributed by atoms with Crippen molar-refractivity contribution in [2.75, 3.05) is 6.61 Å². The molecule has 1 atom stereocenters. The van der Waals surface area contributed by atoms with Gasteiger partial charge in [-0.1, -0.05) is 62.9 Å². The van der Waals surface area contributed by atoms with Crippen LogP contribution in [0.1, 0.15) is 57.4 Å². The molecule has 0 spiro atoms. The second-order valence-corrected chi connectivity index (χ2v) is 6.97. The molecule has 0 saturated heterocycles. The van der Waals surface area contributed by atoms with Crippen LogP contribution in [-0.4, -0.2) is 17.7 Å². The number of hydrogen-bond donors (Lipinski definition) is 1. The van der Waals surface area contributed by atoms with Gasteiger partial charge in [0.15, 0.2) is 0 Å². The second-order valence-electron chi connectivity index (χ2n) is 6.53. The van der Waals surface area contributed by atoms with Crippen LogP contribution in [0.2, 0.25) is 5.02 Å². The van der Waals surface area contributed by atoms with Crippen molar-refractivity contribution in [3.8, 4) is 16.9 Å². The summed E-state index contributed by atoms with van der Waals surface area (Å²) in [5.41, 5.74) is 2.74. The van der Waals surface area contributed by atoms with Gasteiger partial charge in [-0.05, 0) is 53.8 Å². The third-order valence-corrected chi connectivity index (χ3v) is 4.63. The van der Waals surface area contributed by atoms with Crippen LogP contribution in [0.25, 0.3) is 11.1 Å². The Morgan fingerprint density at radius 3 is 2.38 bits per heavy atom. The molecule has 0 aliphatic carbocycles. The molecule has 2 rings (SSSR count). The van der Waals surface area contributed by atoms with E-state index in [0.717, 1.165) is 48.1 Å². The lowest BCUT2D eigenvalue weighted by molar-refractivity contribution is -0.139. The number of ether oxygens (including phenoxy) is 1. The van der Waals surface area contributed by atoms with Gasteiger partial charge in [0.05, 0.1) is 12.5 Å². The Bertz CT molecular complexity index is 710. The average Bonchev–Trinajstić information content (AvgIpc) is 2.63. The van der Waals surface area contributed by atoms with Crippen LogP contribution in [0.5, 0.6) is 5.75 Å². The highest BCUT2D eigenvalue weighted by Gasteiger charge is 2.21. The van der Waals surface area contributed by atoms with Gasteiger partial charge in [0.25, 0.3) is 0 Å². The van der Waals surface area contributed by atoms with Gasteiger partial charge in [-0.2, -0.15) is 0 Å². The van der Waals surface area contributed by atoms with Crippen molar-refractivity contribution in [1.29, 1.82) is 0 Å². The normalized spacial score (nSPS) is 12.0. The van der Waals surface area contributed by atoms with E-state index in [2.05, 4.69) is 13.8 Å². The summed E-state index contributed by atoms with van der Waals surface area (Å²) in [5, 5.41) is 10.4. The lowest BCUT2D eigenvalue weighted by Crippen LogP contribution is -2.12. The van der Waals surface area contributed by atoms with E-state index in [1.54, 1.807) is 0 Å².